The van der Waals surface area contributed by atoms with Gasteiger partial charge >= 0.3 is 0 Å². The number of halogens is 4. The molecule has 0 saturated carbocycles. The van der Waals surface area contributed by atoms with Gasteiger partial charge in [-0.2, -0.15) is 0 Å². The van der Waals surface area contributed by atoms with Crippen LogP contribution in [-0.2, 0) is 10.0 Å². The van der Waals surface area contributed by atoms with Crippen LogP contribution in [0.4, 0.5) is 17.6 Å². The quantitative estimate of drug-likeness (QED) is 0.412. The molecule has 0 aliphatic rings. The van der Waals surface area contributed by atoms with Crippen molar-refractivity contribution in [1.82, 2.24) is 5.14 Å². The summed E-state index contributed by atoms with van der Waals surface area (Å²) in [6.07, 6.45) is 0. The average Bonchev–Trinajstić information content (AvgIpc) is 2.06. The first-order valence-electron chi connectivity index (χ1n) is 3.07. The van der Waals surface area contributed by atoms with Gasteiger partial charge in [-0.25, -0.2) is 26.0 Å². The van der Waals surface area contributed by atoms with Gasteiger partial charge in [0, 0.05) is 6.07 Å². The molecular formula is C6H2F4NO2S. The Hall–Kier alpha value is -1.15. The van der Waals surface area contributed by atoms with E-state index in [1.165, 1.54) is 0 Å². The second-order valence-electron chi connectivity index (χ2n) is 2.30. The molecule has 0 aliphatic heterocycles. The molecule has 0 aromatic heterocycles. The summed E-state index contributed by atoms with van der Waals surface area (Å²) in [4.78, 5) is -1.53. The van der Waals surface area contributed by atoms with E-state index in [1.807, 2.05) is 0 Å². The van der Waals surface area contributed by atoms with Crippen molar-refractivity contribution in [3.05, 3.63) is 29.3 Å². The van der Waals surface area contributed by atoms with E-state index in [0.29, 0.717) is 0 Å². The van der Waals surface area contributed by atoms with Crippen molar-refractivity contribution >= 4 is 10.0 Å². The van der Waals surface area contributed by atoms with Crippen LogP contribution in [0.2, 0.25) is 0 Å². The summed E-state index contributed by atoms with van der Waals surface area (Å²) in [7, 11) is -4.87. The smallest absolute Gasteiger partial charge is 0.206 e. The summed E-state index contributed by atoms with van der Waals surface area (Å²) < 4.78 is 70.7. The van der Waals surface area contributed by atoms with Crippen LogP contribution in [0.3, 0.4) is 0 Å². The zero-order valence-corrected chi connectivity index (χ0v) is 7.13. The lowest BCUT2D eigenvalue weighted by Crippen LogP contribution is -2.08. The van der Waals surface area contributed by atoms with Gasteiger partial charge in [0.15, 0.2) is 23.3 Å². The topological polar surface area (TPSA) is 57.9 Å². The fourth-order valence-corrected chi connectivity index (χ4v) is 1.33. The zero-order chi connectivity index (χ0) is 11.1. The van der Waals surface area contributed by atoms with E-state index >= 15 is 0 Å². The fraction of sp³-hybridized carbons (Fsp3) is 0. The van der Waals surface area contributed by atoms with Gasteiger partial charge in [0.1, 0.15) is 4.90 Å². The highest BCUT2D eigenvalue weighted by Gasteiger charge is 2.24. The molecule has 3 nitrogen and oxygen atoms in total. The van der Waals surface area contributed by atoms with Crippen LogP contribution < -0.4 is 5.14 Å². The first kappa shape index (κ1) is 10.9. The molecule has 14 heavy (non-hydrogen) atoms. The Bertz CT molecular complexity index is 485. The molecule has 1 radical (unpaired) electrons. The van der Waals surface area contributed by atoms with E-state index in [-0.39, 0.29) is 6.07 Å². The summed E-state index contributed by atoms with van der Waals surface area (Å²) in [6.45, 7) is 0. The molecule has 1 aromatic rings. The largest absolute Gasteiger partial charge is 0.257 e. The van der Waals surface area contributed by atoms with Crippen molar-refractivity contribution in [3.8, 4) is 0 Å². The van der Waals surface area contributed by atoms with Crippen LogP contribution in [0.15, 0.2) is 11.0 Å². The Labute approximate surface area is 76.2 Å². The number of rotatable bonds is 1. The van der Waals surface area contributed by atoms with Gasteiger partial charge in [0.05, 0.1) is 0 Å². The van der Waals surface area contributed by atoms with Gasteiger partial charge < -0.3 is 0 Å². The van der Waals surface area contributed by atoms with Crippen LogP contribution in [-0.4, -0.2) is 8.42 Å². The maximum atomic E-state index is 12.7. The zero-order valence-electron chi connectivity index (χ0n) is 6.31. The first-order valence-corrected chi connectivity index (χ1v) is 4.56. The Morgan fingerprint density at radius 3 is 1.93 bits per heavy atom. The van der Waals surface area contributed by atoms with E-state index in [0.717, 1.165) is 0 Å². The Kier molecular flexibility index (Phi) is 2.50. The minimum absolute atomic E-state index is 0.0872. The Morgan fingerprint density at radius 2 is 1.50 bits per heavy atom. The van der Waals surface area contributed by atoms with Crippen molar-refractivity contribution in [1.29, 1.82) is 0 Å². The molecule has 0 saturated heterocycles. The van der Waals surface area contributed by atoms with E-state index < -0.39 is 38.2 Å². The second-order valence-corrected chi connectivity index (χ2v) is 3.75. The molecule has 1 aromatic carbocycles. The van der Waals surface area contributed by atoms with E-state index in [4.69, 9.17) is 5.14 Å². The van der Waals surface area contributed by atoms with Crippen molar-refractivity contribution in [2.24, 2.45) is 0 Å². The molecule has 1 rings (SSSR count). The highest BCUT2D eigenvalue weighted by molar-refractivity contribution is 7.88. The maximum Gasteiger partial charge on any atom is 0.257 e. The summed E-state index contributed by atoms with van der Waals surface area (Å²) >= 11 is 0. The third-order valence-corrected chi connectivity index (χ3v) is 2.23. The molecular weight excluding hydrogens is 226 g/mol. The molecule has 0 bridgehead atoms. The van der Waals surface area contributed by atoms with Gasteiger partial charge in [-0.05, 0) is 0 Å². The van der Waals surface area contributed by atoms with E-state index in [9.17, 15) is 26.0 Å². The summed E-state index contributed by atoms with van der Waals surface area (Å²) in [5.41, 5.74) is 0. The van der Waals surface area contributed by atoms with Gasteiger partial charge in [-0.3, -0.25) is 0 Å². The van der Waals surface area contributed by atoms with Crippen LogP contribution in [0.5, 0.6) is 0 Å². The molecule has 0 heterocycles. The van der Waals surface area contributed by atoms with Gasteiger partial charge in [0.2, 0.25) is 0 Å². The number of hydrogen-bond acceptors (Lipinski definition) is 2. The molecule has 77 valence electrons. The maximum absolute atomic E-state index is 12.7. The molecule has 0 spiro atoms. The van der Waals surface area contributed by atoms with Crippen molar-refractivity contribution in [3.63, 3.8) is 0 Å². The van der Waals surface area contributed by atoms with Crippen molar-refractivity contribution in [2.75, 3.05) is 0 Å². The predicted molar refractivity (Wildman–Crippen MR) is 36.6 cm³/mol. The van der Waals surface area contributed by atoms with Gasteiger partial charge in [-0.1, -0.05) is 0 Å². The number of sulfonamides is 1. The lowest BCUT2D eigenvalue weighted by Gasteiger charge is -2.02. The summed E-state index contributed by atoms with van der Waals surface area (Å²) in [5, 5.41) is 6.35. The van der Waals surface area contributed by atoms with E-state index in [2.05, 4.69) is 0 Å². The highest BCUT2D eigenvalue weighted by atomic mass is 32.2. The third kappa shape index (κ3) is 1.70. The number of nitrogens with one attached hydrogen (secondary N) is 1. The number of benzene rings is 1. The Balaban J connectivity index is 3.66. The predicted octanol–water partition coefficient (Wildman–Crippen LogP) is 1.21. The molecule has 0 amide bonds. The summed E-state index contributed by atoms with van der Waals surface area (Å²) in [5.74, 6) is -8.33. The minimum Gasteiger partial charge on any atom is -0.206 e. The Morgan fingerprint density at radius 1 is 1.00 bits per heavy atom. The molecule has 0 aliphatic carbocycles. The normalized spacial score (nSPS) is 11.8. The van der Waals surface area contributed by atoms with Gasteiger partial charge in [0.25, 0.3) is 10.0 Å². The number of hydrogen-bond donors (Lipinski definition) is 0. The van der Waals surface area contributed by atoms with Crippen molar-refractivity contribution < 1.29 is 26.0 Å². The van der Waals surface area contributed by atoms with Crippen molar-refractivity contribution in [2.45, 2.75) is 4.90 Å². The van der Waals surface area contributed by atoms with Gasteiger partial charge in [-0.15, -0.1) is 5.14 Å². The molecule has 0 atom stereocenters. The van der Waals surface area contributed by atoms with Crippen LogP contribution in [0.25, 0.3) is 0 Å². The third-order valence-electron chi connectivity index (χ3n) is 1.36. The van der Waals surface area contributed by atoms with Crippen LogP contribution in [0, 0.1) is 23.3 Å². The first-order chi connectivity index (χ1) is 6.25. The van der Waals surface area contributed by atoms with E-state index in [1.54, 1.807) is 0 Å². The molecule has 8 heteroatoms. The van der Waals surface area contributed by atoms with Crippen LogP contribution in [0.1, 0.15) is 0 Å². The minimum atomic E-state index is -4.87. The van der Waals surface area contributed by atoms with Crippen LogP contribution >= 0.6 is 0 Å². The molecule has 0 unspecified atom stereocenters. The fourth-order valence-electron chi connectivity index (χ4n) is 0.747. The standard InChI is InChI=1S/C6H2F4NO2S/c7-2-1-3(14(11,12)13)5(9)6(10)4(2)8/h1,11H. The second kappa shape index (κ2) is 3.21. The molecule has 0 fully saturated rings. The SMILES string of the molecule is [NH]S(=O)(=O)c1cc(F)c(F)c(F)c1F. The lowest BCUT2D eigenvalue weighted by atomic mass is 10.3. The summed E-state index contributed by atoms with van der Waals surface area (Å²) in [6, 6.07) is -0.0872. The molecule has 1 N–H and O–H groups in total. The highest BCUT2D eigenvalue weighted by Crippen LogP contribution is 2.21. The monoisotopic (exact) mass is 228 g/mol. The lowest BCUT2D eigenvalue weighted by molar-refractivity contribution is 0.396. The average molecular weight is 228 g/mol.